The average molecular weight is 331 g/mol. The molecule has 0 aliphatic rings. The summed E-state index contributed by atoms with van der Waals surface area (Å²) in [7, 11) is 0. The van der Waals surface area contributed by atoms with Crippen LogP contribution in [-0.2, 0) is 19.3 Å². The molecule has 0 atom stereocenters. The van der Waals surface area contributed by atoms with Gasteiger partial charge >= 0.3 is 6.03 Å². The van der Waals surface area contributed by atoms with E-state index in [-0.39, 0.29) is 6.03 Å². The first-order valence-corrected chi connectivity index (χ1v) is 8.41. The second kappa shape index (κ2) is 8.59. The molecule has 2 N–H and O–H groups in total. The van der Waals surface area contributed by atoms with Crippen LogP contribution in [0.5, 0.6) is 0 Å². The lowest BCUT2D eigenvalue weighted by molar-refractivity contribution is 0.252. The van der Waals surface area contributed by atoms with E-state index in [0.717, 1.165) is 46.7 Å². The Hall–Kier alpha value is -2.00. The molecule has 3 nitrogen and oxygen atoms in total. The number of amides is 2. The van der Waals surface area contributed by atoms with Crippen molar-refractivity contribution in [2.75, 3.05) is 11.9 Å². The minimum atomic E-state index is -0.164. The Balaban J connectivity index is 1.92. The number of rotatable bonds is 6. The molecule has 23 heavy (non-hydrogen) atoms. The zero-order valence-corrected chi connectivity index (χ0v) is 14.4. The normalized spacial score (nSPS) is 10.4. The van der Waals surface area contributed by atoms with Crippen molar-refractivity contribution >= 4 is 23.3 Å². The molecule has 0 heterocycles. The summed E-state index contributed by atoms with van der Waals surface area (Å²) in [5.41, 5.74) is 4.38. The molecule has 0 bridgehead atoms. The lowest BCUT2D eigenvalue weighted by Crippen LogP contribution is -2.31. The maximum absolute atomic E-state index is 12.2. The Morgan fingerprint density at radius 2 is 1.70 bits per heavy atom. The molecule has 0 aliphatic heterocycles. The zero-order valence-electron chi connectivity index (χ0n) is 13.7. The van der Waals surface area contributed by atoms with Crippen LogP contribution < -0.4 is 10.6 Å². The van der Waals surface area contributed by atoms with Crippen molar-refractivity contribution in [3.63, 3.8) is 0 Å². The van der Waals surface area contributed by atoms with Crippen LogP contribution >= 0.6 is 11.6 Å². The smallest absolute Gasteiger partial charge is 0.319 e. The highest BCUT2D eigenvalue weighted by atomic mass is 35.5. The summed E-state index contributed by atoms with van der Waals surface area (Å²) in [6.07, 6.45) is 2.54. The van der Waals surface area contributed by atoms with Gasteiger partial charge in [-0.05, 0) is 48.1 Å². The van der Waals surface area contributed by atoms with Gasteiger partial charge in [0.1, 0.15) is 0 Å². The zero-order chi connectivity index (χ0) is 16.7. The van der Waals surface area contributed by atoms with E-state index in [1.165, 1.54) is 0 Å². The number of aryl methyl sites for hydroxylation is 2. The van der Waals surface area contributed by atoms with E-state index in [1.807, 2.05) is 30.3 Å². The van der Waals surface area contributed by atoms with E-state index >= 15 is 0 Å². The summed E-state index contributed by atoms with van der Waals surface area (Å²) in [5.74, 6) is 0. The minimum Gasteiger partial charge on any atom is -0.338 e. The molecule has 2 aromatic carbocycles. The van der Waals surface area contributed by atoms with Crippen molar-refractivity contribution in [1.82, 2.24) is 5.32 Å². The molecule has 0 aliphatic carbocycles. The van der Waals surface area contributed by atoms with Crippen LogP contribution in [0.2, 0.25) is 5.02 Å². The summed E-state index contributed by atoms with van der Waals surface area (Å²) >= 11 is 5.96. The van der Waals surface area contributed by atoms with Crippen molar-refractivity contribution in [3.8, 4) is 0 Å². The topological polar surface area (TPSA) is 41.1 Å². The fourth-order valence-corrected chi connectivity index (χ4v) is 2.79. The Kier molecular flexibility index (Phi) is 6.48. The Morgan fingerprint density at radius 1 is 1.04 bits per heavy atom. The number of anilines is 1. The minimum absolute atomic E-state index is 0.164. The standard InChI is InChI=1S/C19H23ClN2O/c1-3-15-8-6-9-16(4-2)18(15)22-19(23)21-12-11-14-7-5-10-17(20)13-14/h5-10,13H,3-4,11-12H2,1-2H3,(H2,21,22,23). The van der Waals surface area contributed by atoms with Crippen LogP contribution in [0.3, 0.4) is 0 Å². The van der Waals surface area contributed by atoms with Crippen molar-refractivity contribution in [1.29, 1.82) is 0 Å². The largest absolute Gasteiger partial charge is 0.338 e. The van der Waals surface area contributed by atoms with Gasteiger partial charge in [0, 0.05) is 17.3 Å². The third-order valence-electron chi connectivity index (χ3n) is 3.83. The summed E-state index contributed by atoms with van der Waals surface area (Å²) < 4.78 is 0. The van der Waals surface area contributed by atoms with Crippen molar-refractivity contribution < 1.29 is 4.79 Å². The SMILES string of the molecule is CCc1cccc(CC)c1NC(=O)NCCc1cccc(Cl)c1. The Bertz CT molecular complexity index is 648. The van der Waals surface area contributed by atoms with Crippen LogP contribution in [0.4, 0.5) is 10.5 Å². The molecule has 0 saturated heterocycles. The number of hydrogen-bond donors (Lipinski definition) is 2. The maximum Gasteiger partial charge on any atom is 0.319 e. The maximum atomic E-state index is 12.2. The van der Waals surface area contributed by atoms with Crippen molar-refractivity contribution in [2.45, 2.75) is 33.1 Å². The van der Waals surface area contributed by atoms with Gasteiger partial charge in [0.25, 0.3) is 0 Å². The molecule has 0 aromatic heterocycles. The van der Waals surface area contributed by atoms with Gasteiger partial charge < -0.3 is 10.6 Å². The molecule has 2 rings (SSSR count). The van der Waals surface area contributed by atoms with Gasteiger partial charge in [0.05, 0.1) is 0 Å². The second-order valence-electron chi connectivity index (χ2n) is 5.42. The van der Waals surface area contributed by atoms with E-state index in [1.54, 1.807) is 0 Å². The molecule has 4 heteroatoms. The number of benzene rings is 2. The van der Waals surface area contributed by atoms with Crippen LogP contribution in [0.15, 0.2) is 42.5 Å². The molecule has 0 radical (unpaired) electrons. The van der Waals surface area contributed by atoms with Gasteiger partial charge in [-0.15, -0.1) is 0 Å². The molecular weight excluding hydrogens is 308 g/mol. The van der Waals surface area contributed by atoms with Crippen molar-refractivity contribution in [3.05, 3.63) is 64.2 Å². The number of carbonyl (C=O) groups is 1. The highest BCUT2D eigenvalue weighted by molar-refractivity contribution is 6.30. The fourth-order valence-electron chi connectivity index (χ4n) is 2.57. The molecule has 0 spiro atoms. The van der Waals surface area contributed by atoms with Crippen LogP contribution in [0.25, 0.3) is 0 Å². The lowest BCUT2D eigenvalue weighted by atomic mass is 10.0. The van der Waals surface area contributed by atoms with Crippen LogP contribution in [0.1, 0.15) is 30.5 Å². The van der Waals surface area contributed by atoms with Crippen LogP contribution in [-0.4, -0.2) is 12.6 Å². The molecule has 122 valence electrons. The predicted molar refractivity (Wildman–Crippen MR) is 97.4 cm³/mol. The Morgan fingerprint density at radius 3 is 2.30 bits per heavy atom. The molecule has 2 aromatic rings. The molecule has 2 amide bonds. The van der Waals surface area contributed by atoms with E-state index in [4.69, 9.17) is 11.6 Å². The Labute approximate surface area is 143 Å². The predicted octanol–water partition coefficient (Wildman–Crippen LogP) is 4.83. The highest BCUT2D eigenvalue weighted by Crippen LogP contribution is 2.22. The number of nitrogens with one attached hydrogen (secondary N) is 2. The third kappa shape index (κ3) is 5.00. The first kappa shape index (κ1) is 17.4. The summed E-state index contributed by atoms with van der Waals surface area (Å²) in [6.45, 7) is 4.76. The highest BCUT2D eigenvalue weighted by Gasteiger charge is 2.09. The summed E-state index contributed by atoms with van der Waals surface area (Å²) in [6, 6.07) is 13.7. The van der Waals surface area contributed by atoms with E-state index < -0.39 is 0 Å². The van der Waals surface area contributed by atoms with Gasteiger partial charge in [0.2, 0.25) is 0 Å². The van der Waals surface area contributed by atoms with Gasteiger partial charge in [-0.3, -0.25) is 0 Å². The molecule has 0 unspecified atom stereocenters. The third-order valence-corrected chi connectivity index (χ3v) is 4.06. The van der Waals surface area contributed by atoms with Gasteiger partial charge in [-0.1, -0.05) is 55.8 Å². The summed E-state index contributed by atoms with van der Waals surface area (Å²) in [5, 5.41) is 6.63. The first-order valence-electron chi connectivity index (χ1n) is 8.04. The molecular formula is C19H23ClN2O. The second-order valence-corrected chi connectivity index (χ2v) is 5.86. The first-order chi connectivity index (χ1) is 11.1. The number of hydrogen-bond acceptors (Lipinski definition) is 1. The average Bonchev–Trinajstić information content (AvgIpc) is 2.55. The van der Waals surface area contributed by atoms with E-state index in [9.17, 15) is 4.79 Å². The van der Waals surface area contributed by atoms with E-state index in [2.05, 4.69) is 36.6 Å². The van der Waals surface area contributed by atoms with Crippen molar-refractivity contribution in [2.24, 2.45) is 0 Å². The number of halogens is 1. The van der Waals surface area contributed by atoms with Gasteiger partial charge in [0.15, 0.2) is 0 Å². The quantitative estimate of drug-likeness (QED) is 0.782. The number of carbonyl (C=O) groups excluding carboxylic acids is 1. The van der Waals surface area contributed by atoms with Gasteiger partial charge in [-0.2, -0.15) is 0 Å². The van der Waals surface area contributed by atoms with E-state index in [0.29, 0.717) is 6.54 Å². The lowest BCUT2D eigenvalue weighted by Gasteiger charge is -2.15. The monoisotopic (exact) mass is 330 g/mol. The number of para-hydroxylation sites is 1. The molecule has 0 fully saturated rings. The summed E-state index contributed by atoms with van der Waals surface area (Å²) in [4.78, 5) is 12.2. The number of urea groups is 1. The molecule has 0 saturated carbocycles. The fraction of sp³-hybridized carbons (Fsp3) is 0.316. The van der Waals surface area contributed by atoms with Gasteiger partial charge in [-0.25, -0.2) is 4.79 Å². The van der Waals surface area contributed by atoms with Crippen LogP contribution in [0, 0.1) is 0 Å².